The third-order valence-electron chi connectivity index (χ3n) is 5.52. The standard InChI is InChI=1S/C28H34N2O4/c1-4-30(17-9-16-29-28(31)20-22-10-7-12-24(18-22)32-2)21-23-11-8-13-25(19-23)34-27-15-6-5-14-26(27)33-3/h5-8,10-15,18-19H,4,9,16-17,20-21H2,1-3H3,(H,29,31). The molecule has 0 saturated carbocycles. The van der Waals surface area contributed by atoms with Gasteiger partial charge in [-0.2, -0.15) is 0 Å². The van der Waals surface area contributed by atoms with E-state index in [1.54, 1.807) is 14.2 Å². The fraction of sp³-hybridized carbons (Fsp3) is 0.321. The second-order valence-electron chi connectivity index (χ2n) is 8.00. The monoisotopic (exact) mass is 462 g/mol. The normalized spacial score (nSPS) is 10.7. The van der Waals surface area contributed by atoms with Gasteiger partial charge >= 0.3 is 0 Å². The third-order valence-corrected chi connectivity index (χ3v) is 5.52. The Balaban J connectivity index is 1.45. The first-order chi connectivity index (χ1) is 16.6. The van der Waals surface area contributed by atoms with Crippen molar-refractivity contribution >= 4 is 5.91 Å². The lowest BCUT2D eigenvalue weighted by Gasteiger charge is -2.21. The van der Waals surface area contributed by atoms with Gasteiger partial charge in [0.2, 0.25) is 5.91 Å². The van der Waals surface area contributed by atoms with Crippen LogP contribution < -0.4 is 19.5 Å². The Kier molecular flexibility index (Phi) is 9.80. The first-order valence-corrected chi connectivity index (χ1v) is 11.6. The van der Waals surface area contributed by atoms with Crippen LogP contribution in [0.1, 0.15) is 24.5 Å². The van der Waals surface area contributed by atoms with E-state index in [2.05, 4.69) is 29.3 Å². The molecule has 6 heteroatoms. The first kappa shape index (κ1) is 25.1. The van der Waals surface area contributed by atoms with Crippen molar-refractivity contribution in [2.24, 2.45) is 0 Å². The minimum atomic E-state index is 0.0255. The maximum absolute atomic E-state index is 12.3. The number of carbonyl (C=O) groups is 1. The molecule has 0 aliphatic carbocycles. The molecule has 0 saturated heterocycles. The van der Waals surface area contributed by atoms with Gasteiger partial charge in [-0.15, -0.1) is 0 Å². The zero-order chi connectivity index (χ0) is 24.2. The number of hydrogen-bond acceptors (Lipinski definition) is 5. The number of nitrogens with zero attached hydrogens (tertiary/aromatic N) is 1. The van der Waals surface area contributed by atoms with Crippen molar-refractivity contribution in [3.8, 4) is 23.0 Å². The van der Waals surface area contributed by atoms with Crippen molar-refractivity contribution in [3.05, 3.63) is 83.9 Å². The van der Waals surface area contributed by atoms with Crippen LogP contribution in [-0.2, 0) is 17.8 Å². The summed E-state index contributed by atoms with van der Waals surface area (Å²) in [7, 11) is 3.27. The molecule has 0 radical (unpaired) electrons. The number of para-hydroxylation sites is 2. The number of nitrogens with one attached hydrogen (secondary N) is 1. The number of rotatable bonds is 13. The quantitative estimate of drug-likeness (QED) is 0.360. The summed E-state index contributed by atoms with van der Waals surface area (Å²) in [5.41, 5.74) is 2.12. The maximum atomic E-state index is 12.3. The van der Waals surface area contributed by atoms with E-state index in [9.17, 15) is 4.79 Å². The molecular weight excluding hydrogens is 428 g/mol. The van der Waals surface area contributed by atoms with Gasteiger partial charge in [0, 0.05) is 19.6 Å². The smallest absolute Gasteiger partial charge is 0.224 e. The molecule has 0 heterocycles. The fourth-order valence-corrected chi connectivity index (χ4v) is 3.71. The van der Waals surface area contributed by atoms with Crippen LogP contribution in [0, 0.1) is 0 Å². The van der Waals surface area contributed by atoms with Crippen molar-refractivity contribution in [2.75, 3.05) is 33.9 Å². The zero-order valence-corrected chi connectivity index (χ0v) is 20.3. The summed E-state index contributed by atoms with van der Waals surface area (Å²) < 4.78 is 16.6. The highest BCUT2D eigenvalue weighted by Gasteiger charge is 2.09. The molecule has 0 aliphatic heterocycles. The molecule has 0 bridgehead atoms. The molecule has 3 aromatic carbocycles. The maximum Gasteiger partial charge on any atom is 0.224 e. The fourth-order valence-electron chi connectivity index (χ4n) is 3.71. The van der Waals surface area contributed by atoms with Crippen molar-refractivity contribution in [1.29, 1.82) is 0 Å². The second kappa shape index (κ2) is 13.3. The lowest BCUT2D eigenvalue weighted by atomic mass is 10.1. The lowest BCUT2D eigenvalue weighted by Crippen LogP contribution is -2.30. The molecule has 0 atom stereocenters. The molecule has 3 aromatic rings. The Morgan fingerprint density at radius 2 is 1.56 bits per heavy atom. The lowest BCUT2D eigenvalue weighted by molar-refractivity contribution is -0.120. The van der Waals surface area contributed by atoms with Crippen LogP contribution in [0.4, 0.5) is 0 Å². The second-order valence-corrected chi connectivity index (χ2v) is 8.00. The highest BCUT2D eigenvalue weighted by Crippen LogP contribution is 2.31. The molecule has 34 heavy (non-hydrogen) atoms. The summed E-state index contributed by atoms with van der Waals surface area (Å²) >= 11 is 0. The van der Waals surface area contributed by atoms with Crippen LogP contribution in [0.25, 0.3) is 0 Å². The molecule has 180 valence electrons. The topological polar surface area (TPSA) is 60.0 Å². The number of ether oxygens (including phenoxy) is 3. The van der Waals surface area contributed by atoms with Crippen molar-refractivity contribution in [3.63, 3.8) is 0 Å². The minimum Gasteiger partial charge on any atom is -0.497 e. The van der Waals surface area contributed by atoms with Crippen molar-refractivity contribution in [2.45, 2.75) is 26.3 Å². The van der Waals surface area contributed by atoms with Crippen LogP contribution in [0.2, 0.25) is 0 Å². The molecule has 0 aromatic heterocycles. The Morgan fingerprint density at radius 1 is 0.853 bits per heavy atom. The highest BCUT2D eigenvalue weighted by atomic mass is 16.5. The Morgan fingerprint density at radius 3 is 2.29 bits per heavy atom. The molecule has 0 aliphatic rings. The van der Waals surface area contributed by atoms with Gasteiger partial charge in [-0.05, 0) is 60.5 Å². The van der Waals surface area contributed by atoms with E-state index >= 15 is 0 Å². The number of hydrogen-bond donors (Lipinski definition) is 1. The highest BCUT2D eigenvalue weighted by molar-refractivity contribution is 5.78. The van der Waals surface area contributed by atoms with Crippen LogP contribution in [-0.4, -0.2) is 44.7 Å². The summed E-state index contributed by atoms with van der Waals surface area (Å²) in [5.74, 6) is 2.97. The van der Waals surface area contributed by atoms with Crippen molar-refractivity contribution < 1.29 is 19.0 Å². The molecule has 3 rings (SSSR count). The molecule has 6 nitrogen and oxygen atoms in total. The van der Waals surface area contributed by atoms with E-state index in [0.717, 1.165) is 43.1 Å². The summed E-state index contributed by atoms with van der Waals surface area (Å²) in [6, 6.07) is 23.3. The van der Waals surface area contributed by atoms with E-state index in [4.69, 9.17) is 14.2 Å². The van der Waals surface area contributed by atoms with E-state index in [1.807, 2.05) is 60.7 Å². The first-order valence-electron chi connectivity index (χ1n) is 11.6. The van der Waals surface area contributed by atoms with E-state index in [1.165, 1.54) is 5.56 Å². The van der Waals surface area contributed by atoms with E-state index in [-0.39, 0.29) is 5.91 Å². The van der Waals surface area contributed by atoms with Gasteiger partial charge in [0.25, 0.3) is 0 Å². The summed E-state index contributed by atoms with van der Waals surface area (Å²) in [5, 5.41) is 3.02. The molecule has 0 spiro atoms. The predicted molar refractivity (Wildman–Crippen MR) is 135 cm³/mol. The van der Waals surface area contributed by atoms with Gasteiger partial charge in [-0.3, -0.25) is 9.69 Å². The van der Waals surface area contributed by atoms with Crippen molar-refractivity contribution in [1.82, 2.24) is 10.2 Å². The van der Waals surface area contributed by atoms with Crippen LogP contribution in [0.5, 0.6) is 23.0 Å². The number of benzene rings is 3. The van der Waals surface area contributed by atoms with Gasteiger partial charge < -0.3 is 19.5 Å². The minimum absolute atomic E-state index is 0.0255. The Labute approximate surface area is 202 Å². The molecule has 1 amide bonds. The largest absolute Gasteiger partial charge is 0.497 e. The Hall–Kier alpha value is -3.51. The van der Waals surface area contributed by atoms with Gasteiger partial charge in [0.05, 0.1) is 20.6 Å². The van der Waals surface area contributed by atoms with Gasteiger partial charge in [0.1, 0.15) is 11.5 Å². The third kappa shape index (κ3) is 7.81. The SMILES string of the molecule is CCN(CCCNC(=O)Cc1cccc(OC)c1)Cc1cccc(Oc2ccccc2OC)c1. The summed E-state index contributed by atoms with van der Waals surface area (Å²) in [6.45, 7) is 5.44. The van der Waals surface area contributed by atoms with E-state index < -0.39 is 0 Å². The zero-order valence-electron chi connectivity index (χ0n) is 20.3. The molecule has 0 unspecified atom stereocenters. The van der Waals surface area contributed by atoms with Gasteiger partial charge in [-0.25, -0.2) is 0 Å². The van der Waals surface area contributed by atoms with Gasteiger partial charge in [0.15, 0.2) is 11.5 Å². The summed E-state index contributed by atoms with van der Waals surface area (Å²) in [4.78, 5) is 14.6. The molecule has 1 N–H and O–H groups in total. The number of methoxy groups -OCH3 is 2. The Bertz CT molecular complexity index is 1050. The van der Waals surface area contributed by atoms with E-state index in [0.29, 0.717) is 24.5 Å². The van der Waals surface area contributed by atoms with Gasteiger partial charge in [-0.1, -0.05) is 43.3 Å². The molecular formula is C28H34N2O4. The van der Waals surface area contributed by atoms with Crippen LogP contribution in [0.3, 0.4) is 0 Å². The number of amides is 1. The average Bonchev–Trinajstić information content (AvgIpc) is 2.86. The predicted octanol–water partition coefficient (Wildman–Crippen LogP) is 5.07. The average molecular weight is 463 g/mol. The molecule has 0 fully saturated rings. The summed E-state index contributed by atoms with van der Waals surface area (Å²) in [6.07, 6.45) is 1.24. The number of carbonyl (C=O) groups excluding carboxylic acids is 1. The van der Waals surface area contributed by atoms with Crippen LogP contribution in [0.15, 0.2) is 72.8 Å². The van der Waals surface area contributed by atoms with Crippen LogP contribution >= 0.6 is 0 Å².